The number of rotatable bonds is 10. The van der Waals surface area contributed by atoms with E-state index in [4.69, 9.17) is 21.1 Å². The minimum atomic E-state index is -0.754. The highest BCUT2D eigenvalue weighted by atomic mass is 79.9. The summed E-state index contributed by atoms with van der Waals surface area (Å²) in [6, 6.07) is 17.3. The molecular weight excluding hydrogens is 558 g/mol. The summed E-state index contributed by atoms with van der Waals surface area (Å²) in [5, 5.41) is 7.53. The molecule has 37 heavy (non-hydrogen) atoms. The Morgan fingerprint density at radius 1 is 1.08 bits per heavy atom. The normalized spacial score (nSPS) is 11.9. The number of hydrogen-bond donors (Lipinski definition) is 2. The smallest absolute Gasteiger partial charge is 0.262 e. The van der Waals surface area contributed by atoms with Crippen LogP contribution in [-0.4, -0.2) is 31.2 Å². The van der Waals surface area contributed by atoms with E-state index in [0.29, 0.717) is 38.7 Å². The minimum absolute atomic E-state index is 0.143. The predicted octanol–water partition coefficient (Wildman–Crippen LogP) is 5.90. The Morgan fingerprint density at radius 3 is 2.38 bits per heavy atom. The van der Waals surface area contributed by atoms with Crippen LogP contribution in [0.1, 0.15) is 40.9 Å². The monoisotopic (exact) mass is 585 g/mol. The average Bonchev–Trinajstić information content (AvgIpc) is 2.87. The van der Waals surface area contributed by atoms with Crippen molar-refractivity contribution < 1.29 is 19.1 Å². The Bertz CT molecular complexity index is 1260. The van der Waals surface area contributed by atoms with Crippen LogP contribution < -0.4 is 20.2 Å². The first-order chi connectivity index (χ1) is 17.7. The molecule has 9 heteroatoms. The molecule has 0 aliphatic rings. The molecular formula is C28H29BrClN3O4. The zero-order chi connectivity index (χ0) is 26.9. The van der Waals surface area contributed by atoms with Gasteiger partial charge < -0.3 is 14.8 Å². The summed E-state index contributed by atoms with van der Waals surface area (Å²) < 4.78 is 12.1. The number of hydrazone groups is 1. The second kappa shape index (κ2) is 13.3. The summed E-state index contributed by atoms with van der Waals surface area (Å²) in [6.07, 6.45) is 1.49. The standard InChI is InChI=1S/C28H29BrClN3O4/c1-17(2)25(32-27(34)21-9-5-18(3)6-10-21)28(35)33-31-15-20-13-23(29)26(24(14-20)36-4)37-16-19-7-11-22(30)12-8-19/h5-15,17,25H,16H2,1-4H3,(H,32,34)(H,33,35)/b31-15-. The zero-order valence-corrected chi connectivity index (χ0v) is 23.4. The molecule has 2 N–H and O–H groups in total. The fraction of sp³-hybridized carbons (Fsp3) is 0.250. The van der Waals surface area contributed by atoms with Crippen molar-refractivity contribution in [2.75, 3.05) is 7.11 Å². The highest BCUT2D eigenvalue weighted by Crippen LogP contribution is 2.37. The van der Waals surface area contributed by atoms with E-state index in [0.717, 1.165) is 11.1 Å². The Labute approximate surface area is 230 Å². The average molecular weight is 587 g/mol. The van der Waals surface area contributed by atoms with Crippen LogP contribution in [0.25, 0.3) is 0 Å². The summed E-state index contributed by atoms with van der Waals surface area (Å²) >= 11 is 9.46. The van der Waals surface area contributed by atoms with Crippen LogP contribution in [0.4, 0.5) is 0 Å². The molecule has 1 atom stereocenters. The lowest BCUT2D eigenvalue weighted by molar-refractivity contribution is -0.123. The van der Waals surface area contributed by atoms with E-state index in [1.54, 1.807) is 43.5 Å². The number of carbonyl (C=O) groups excluding carboxylic acids is 2. The van der Waals surface area contributed by atoms with Gasteiger partial charge in [-0.15, -0.1) is 0 Å². The Balaban J connectivity index is 1.65. The minimum Gasteiger partial charge on any atom is -0.493 e. The molecule has 0 heterocycles. The number of ether oxygens (including phenoxy) is 2. The van der Waals surface area contributed by atoms with Gasteiger partial charge in [0.25, 0.3) is 11.8 Å². The highest BCUT2D eigenvalue weighted by Gasteiger charge is 2.24. The van der Waals surface area contributed by atoms with Gasteiger partial charge in [0.2, 0.25) is 0 Å². The van der Waals surface area contributed by atoms with Gasteiger partial charge in [-0.25, -0.2) is 5.43 Å². The molecule has 3 aromatic carbocycles. The van der Waals surface area contributed by atoms with Crippen molar-refractivity contribution in [3.05, 3.63) is 92.4 Å². The molecule has 1 unspecified atom stereocenters. The summed E-state index contributed by atoms with van der Waals surface area (Å²) in [6.45, 7) is 5.99. The van der Waals surface area contributed by atoms with E-state index in [9.17, 15) is 9.59 Å². The number of nitrogens with zero attached hydrogens (tertiary/aromatic N) is 1. The summed E-state index contributed by atoms with van der Waals surface area (Å²) in [7, 11) is 1.55. The lowest BCUT2D eigenvalue weighted by Gasteiger charge is -2.20. The van der Waals surface area contributed by atoms with Crippen LogP contribution in [-0.2, 0) is 11.4 Å². The van der Waals surface area contributed by atoms with Gasteiger partial charge in [0.15, 0.2) is 11.5 Å². The summed E-state index contributed by atoms with van der Waals surface area (Å²) in [5.74, 6) is 0.163. The van der Waals surface area contributed by atoms with E-state index in [1.807, 2.05) is 45.0 Å². The molecule has 0 aromatic heterocycles. The van der Waals surface area contributed by atoms with Gasteiger partial charge in [-0.2, -0.15) is 5.10 Å². The number of aryl methyl sites for hydroxylation is 1. The van der Waals surface area contributed by atoms with Crippen molar-refractivity contribution in [3.8, 4) is 11.5 Å². The van der Waals surface area contributed by atoms with Crippen LogP contribution in [0.3, 0.4) is 0 Å². The third kappa shape index (κ3) is 8.06. The molecule has 0 saturated carbocycles. The first-order valence-corrected chi connectivity index (χ1v) is 12.8. The topological polar surface area (TPSA) is 89.0 Å². The van der Waals surface area contributed by atoms with Crippen LogP contribution in [0.5, 0.6) is 11.5 Å². The molecule has 0 aliphatic heterocycles. The third-order valence-corrected chi connectivity index (χ3v) is 6.33. The molecule has 3 aromatic rings. The van der Waals surface area contributed by atoms with Crippen LogP contribution in [0.2, 0.25) is 5.02 Å². The van der Waals surface area contributed by atoms with Crippen molar-refractivity contribution in [2.45, 2.75) is 33.4 Å². The molecule has 0 bridgehead atoms. The van der Waals surface area contributed by atoms with Gasteiger partial charge >= 0.3 is 0 Å². The molecule has 3 rings (SSSR count). The molecule has 0 fully saturated rings. The molecule has 0 radical (unpaired) electrons. The number of halogens is 2. The summed E-state index contributed by atoms with van der Waals surface area (Å²) in [5.41, 5.74) is 5.69. The lowest BCUT2D eigenvalue weighted by atomic mass is 10.0. The van der Waals surface area contributed by atoms with E-state index < -0.39 is 11.9 Å². The van der Waals surface area contributed by atoms with E-state index >= 15 is 0 Å². The van der Waals surface area contributed by atoms with Crippen molar-refractivity contribution in [3.63, 3.8) is 0 Å². The fourth-order valence-electron chi connectivity index (χ4n) is 3.39. The van der Waals surface area contributed by atoms with Gasteiger partial charge in [-0.1, -0.05) is 55.3 Å². The number of benzene rings is 3. The van der Waals surface area contributed by atoms with E-state index in [2.05, 4.69) is 31.8 Å². The van der Waals surface area contributed by atoms with Gasteiger partial charge in [0.05, 0.1) is 17.8 Å². The maximum atomic E-state index is 12.8. The molecule has 0 spiro atoms. The quantitative estimate of drug-likeness (QED) is 0.229. The van der Waals surface area contributed by atoms with Gasteiger partial charge in [-0.05, 0) is 76.3 Å². The fourth-order valence-corrected chi connectivity index (χ4v) is 4.10. The first-order valence-electron chi connectivity index (χ1n) is 11.6. The number of nitrogens with one attached hydrogen (secondary N) is 2. The largest absolute Gasteiger partial charge is 0.493 e. The molecule has 194 valence electrons. The van der Waals surface area contributed by atoms with Gasteiger partial charge in [-0.3, -0.25) is 9.59 Å². The highest BCUT2D eigenvalue weighted by molar-refractivity contribution is 9.10. The maximum Gasteiger partial charge on any atom is 0.262 e. The van der Waals surface area contributed by atoms with E-state index in [-0.39, 0.29) is 11.8 Å². The number of hydrogen-bond acceptors (Lipinski definition) is 5. The van der Waals surface area contributed by atoms with Crippen LogP contribution in [0.15, 0.2) is 70.2 Å². The zero-order valence-electron chi connectivity index (χ0n) is 21.0. The molecule has 2 amide bonds. The SMILES string of the molecule is COc1cc(/C=N\NC(=O)C(NC(=O)c2ccc(C)cc2)C(C)C)cc(Br)c1OCc1ccc(Cl)cc1. The summed E-state index contributed by atoms with van der Waals surface area (Å²) in [4.78, 5) is 25.4. The second-order valence-corrected chi connectivity index (χ2v) is 10.0. The number of methoxy groups -OCH3 is 1. The van der Waals surface area contributed by atoms with Crippen molar-refractivity contribution in [1.82, 2.24) is 10.7 Å². The Kier molecular flexibility index (Phi) is 10.1. The van der Waals surface area contributed by atoms with E-state index in [1.165, 1.54) is 6.21 Å². The number of carbonyl (C=O) groups is 2. The molecule has 0 saturated heterocycles. The maximum absolute atomic E-state index is 12.8. The van der Waals surface area contributed by atoms with Gasteiger partial charge in [0, 0.05) is 10.6 Å². The Morgan fingerprint density at radius 2 is 1.76 bits per heavy atom. The molecule has 0 aliphatic carbocycles. The van der Waals surface area contributed by atoms with Crippen molar-refractivity contribution in [1.29, 1.82) is 0 Å². The van der Waals surface area contributed by atoms with Crippen molar-refractivity contribution in [2.24, 2.45) is 11.0 Å². The van der Waals surface area contributed by atoms with Gasteiger partial charge in [0.1, 0.15) is 12.6 Å². The molecule has 7 nitrogen and oxygen atoms in total. The Hall–Kier alpha value is -3.36. The second-order valence-electron chi connectivity index (χ2n) is 8.74. The lowest BCUT2D eigenvalue weighted by Crippen LogP contribution is -2.48. The van der Waals surface area contributed by atoms with Crippen LogP contribution in [0, 0.1) is 12.8 Å². The number of amides is 2. The van der Waals surface area contributed by atoms with Crippen molar-refractivity contribution >= 4 is 45.6 Å². The van der Waals surface area contributed by atoms with Crippen LogP contribution >= 0.6 is 27.5 Å². The first kappa shape index (κ1) is 28.2. The third-order valence-electron chi connectivity index (χ3n) is 5.49. The predicted molar refractivity (Wildman–Crippen MR) is 149 cm³/mol.